The molecule has 2 aromatic carbocycles. The normalized spacial score (nSPS) is 10.8. The minimum atomic E-state index is -0.384. The van der Waals surface area contributed by atoms with Crippen molar-refractivity contribution < 1.29 is 19.1 Å². The highest BCUT2D eigenvalue weighted by molar-refractivity contribution is 6.06. The summed E-state index contributed by atoms with van der Waals surface area (Å²) in [5, 5.41) is 0. The van der Waals surface area contributed by atoms with Crippen LogP contribution in [0.25, 0.3) is 6.08 Å². The molecule has 0 bridgehead atoms. The number of ketones is 1. The maximum atomic E-state index is 12.2. The van der Waals surface area contributed by atoms with Gasteiger partial charge < -0.3 is 9.47 Å². The van der Waals surface area contributed by atoms with Crippen molar-refractivity contribution in [3.8, 4) is 5.75 Å². The van der Waals surface area contributed by atoms with Gasteiger partial charge in [0.15, 0.2) is 5.78 Å². The van der Waals surface area contributed by atoms with Crippen molar-refractivity contribution in [3.05, 3.63) is 71.3 Å². The lowest BCUT2D eigenvalue weighted by Gasteiger charge is -2.09. The molecular weight excluding hydrogens is 304 g/mol. The van der Waals surface area contributed by atoms with Crippen LogP contribution in [0.5, 0.6) is 5.75 Å². The van der Waals surface area contributed by atoms with Gasteiger partial charge in [0.1, 0.15) is 5.75 Å². The topological polar surface area (TPSA) is 52.6 Å². The quantitative estimate of drug-likeness (QED) is 0.455. The van der Waals surface area contributed by atoms with E-state index < -0.39 is 0 Å². The Morgan fingerprint density at radius 3 is 2.04 bits per heavy atom. The number of methoxy groups -OCH3 is 1. The van der Waals surface area contributed by atoms with Gasteiger partial charge in [-0.3, -0.25) is 4.79 Å². The molecule has 0 atom stereocenters. The number of ether oxygens (including phenoxy) is 2. The Balaban J connectivity index is 2.03. The molecule has 0 aliphatic rings. The van der Waals surface area contributed by atoms with Gasteiger partial charge in [-0.2, -0.15) is 0 Å². The molecule has 0 N–H and O–H groups in total. The van der Waals surface area contributed by atoms with E-state index in [1.54, 1.807) is 54.6 Å². The Bertz CT molecular complexity index is 725. The summed E-state index contributed by atoms with van der Waals surface area (Å²) in [6.45, 7) is 3.90. The standard InChI is InChI=1S/C20H20O4/c1-14(2)24-18-11-9-16(10-12-18)19(21)13-6-15-4-7-17(8-5-15)20(22)23-3/h4-14H,1-3H3/b13-6+. The summed E-state index contributed by atoms with van der Waals surface area (Å²) in [6, 6.07) is 13.9. The van der Waals surface area contributed by atoms with Crippen molar-refractivity contribution >= 4 is 17.8 Å². The molecule has 4 nitrogen and oxygen atoms in total. The highest BCUT2D eigenvalue weighted by Gasteiger charge is 2.05. The molecule has 0 aliphatic heterocycles. The molecule has 24 heavy (non-hydrogen) atoms. The fourth-order valence-electron chi connectivity index (χ4n) is 2.09. The van der Waals surface area contributed by atoms with Gasteiger partial charge in [0.05, 0.1) is 18.8 Å². The first-order chi connectivity index (χ1) is 11.5. The molecule has 4 heteroatoms. The number of benzene rings is 2. The van der Waals surface area contributed by atoms with Crippen LogP contribution in [-0.4, -0.2) is 25.0 Å². The zero-order valence-electron chi connectivity index (χ0n) is 14.0. The van der Waals surface area contributed by atoms with Gasteiger partial charge in [0, 0.05) is 5.56 Å². The molecule has 124 valence electrons. The lowest BCUT2D eigenvalue weighted by Crippen LogP contribution is -2.05. The molecule has 0 aromatic heterocycles. The Morgan fingerprint density at radius 2 is 1.50 bits per heavy atom. The first-order valence-electron chi connectivity index (χ1n) is 7.67. The predicted octanol–water partition coefficient (Wildman–Crippen LogP) is 4.16. The van der Waals surface area contributed by atoms with Crippen molar-refractivity contribution in [1.29, 1.82) is 0 Å². The van der Waals surface area contributed by atoms with E-state index in [0.29, 0.717) is 11.1 Å². The molecule has 0 unspecified atom stereocenters. The Labute approximate surface area is 141 Å². The van der Waals surface area contributed by atoms with Crippen molar-refractivity contribution in [2.24, 2.45) is 0 Å². The summed E-state index contributed by atoms with van der Waals surface area (Å²) in [6.07, 6.45) is 3.31. The first-order valence-corrected chi connectivity index (χ1v) is 7.67. The predicted molar refractivity (Wildman–Crippen MR) is 93.4 cm³/mol. The van der Waals surface area contributed by atoms with Crippen LogP contribution in [0.1, 0.15) is 40.1 Å². The van der Waals surface area contributed by atoms with Crippen molar-refractivity contribution in [2.45, 2.75) is 20.0 Å². The molecule has 2 rings (SSSR count). The van der Waals surface area contributed by atoms with Gasteiger partial charge in [-0.1, -0.05) is 18.2 Å². The summed E-state index contributed by atoms with van der Waals surface area (Å²) in [7, 11) is 1.34. The van der Waals surface area contributed by atoms with Crippen LogP contribution in [-0.2, 0) is 4.74 Å². The van der Waals surface area contributed by atoms with Crippen LogP contribution in [0.4, 0.5) is 0 Å². The fourth-order valence-corrected chi connectivity index (χ4v) is 2.09. The first kappa shape index (κ1) is 17.5. The Kier molecular flexibility index (Phi) is 5.90. The van der Waals surface area contributed by atoms with E-state index in [9.17, 15) is 9.59 Å². The van der Waals surface area contributed by atoms with E-state index >= 15 is 0 Å². The molecule has 0 saturated carbocycles. The summed E-state index contributed by atoms with van der Waals surface area (Å²) in [5.74, 6) is 0.261. The number of hydrogen-bond donors (Lipinski definition) is 0. The van der Waals surface area contributed by atoms with Crippen LogP contribution in [0.2, 0.25) is 0 Å². The third-order valence-corrected chi connectivity index (χ3v) is 3.27. The average molecular weight is 324 g/mol. The Morgan fingerprint density at radius 1 is 0.917 bits per heavy atom. The van der Waals surface area contributed by atoms with E-state index in [4.69, 9.17) is 4.74 Å². The molecule has 0 spiro atoms. The number of rotatable bonds is 6. The van der Waals surface area contributed by atoms with E-state index in [0.717, 1.165) is 11.3 Å². The van der Waals surface area contributed by atoms with Crippen LogP contribution in [0.3, 0.4) is 0 Å². The highest BCUT2D eigenvalue weighted by Crippen LogP contribution is 2.15. The monoisotopic (exact) mass is 324 g/mol. The minimum Gasteiger partial charge on any atom is -0.491 e. The molecule has 0 saturated heterocycles. The lowest BCUT2D eigenvalue weighted by molar-refractivity contribution is 0.0600. The maximum absolute atomic E-state index is 12.2. The molecule has 0 fully saturated rings. The van der Waals surface area contributed by atoms with Gasteiger partial charge >= 0.3 is 5.97 Å². The van der Waals surface area contributed by atoms with Gasteiger partial charge in [0.2, 0.25) is 0 Å². The molecule has 0 aliphatic carbocycles. The number of allylic oxidation sites excluding steroid dienone is 1. The SMILES string of the molecule is COC(=O)c1ccc(/C=C/C(=O)c2ccc(OC(C)C)cc2)cc1. The molecular formula is C20H20O4. The van der Waals surface area contributed by atoms with Gasteiger partial charge in [-0.25, -0.2) is 4.79 Å². The van der Waals surface area contributed by atoms with E-state index in [1.165, 1.54) is 13.2 Å². The van der Waals surface area contributed by atoms with Gasteiger partial charge in [-0.15, -0.1) is 0 Å². The van der Waals surface area contributed by atoms with E-state index in [2.05, 4.69) is 4.74 Å². The van der Waals surface area contributed by atoms with Crippen LogP contribution >= 0.6 is 0 Å². The Hall–Kier alpha value is -2.88. The van der Waals surface area contributed by atoms with E-state index in [-0.39, 0.29) is 17.9 Å². The number of carbonyl (C=O) groups is 2. The highest BCUT2D eigenvalue weighted by atomic mass is 16.5. The summed E-state index contributed by atoms with van der Waals surface area (Å²) < 4.78 is 10.2. The third kappa shape index (κ3) is 4.81. The molecule has 0 heterocycles. The van der Waals surface area contributed by atoms with E-state index in [1.807, 2.05) is 13.8 Å². The minimum absolute atomic E-state index is 0.0943. The smallest absolute Gasteiger partial charge is 0.337 e. The van der Waals surface area contributed by atoms with Crippen LogP contribution < -0.4 is 4.74 Å². The van der Waals surface area contributed by atoms with Crippen molar-refractivity contribution in [1.82, 2.24) is 0 Å². The third-order valence-electron chi connectivity index (χ3n) is 3.27. The number of hydrogen-bond acceptors (Lipinski definition) is 4. The summed E-state index contributed by atoms with van der Waals surface area (Å²) in [5.41, 5.74) is 1.89. The molecule has 0 amide bonds. The largest absolute Gasteiger partial charge is 0.491 e. The number of esters is 1. The fraction of sp³-hybridized carbons (Fsp3) is 0.200. The second kappa shape index (κ2) is 8.11. The van der Waals surface area contributed by atoms with Crippen molar-refractivity contribution in [2.75, 3.05) is 7.11 Å². The van der Waals surface area contributed by atoms with Gasteiger partial charge in [0.25, 0.3) is 0 Å². The number of carbonyl (C=O) groups excluding carboxylic acids is 2. The molecule has 2 aromatic rings. The zero-order valence-corrected chi connectivity index (χ0v) is 14.0. The zero-order chi connectivity index (χ0) is 17.5. The molecule has 0 radical (unpaired) electrons. The summed E-state index contributed by atoms with van der Waals surface area (Å²) in [4.78, 5) is 23.5. The van der Waals surface area contributed by atoms with Crippen molar-refractivity contribution in [3.63, 3.8) is 0 Å². The average Bonchev–Trinajstić information content (AvgIpc) is 2.59. The second-order valence-electron chi connectivity index (χ2n) is 5.50. The summed E-state index contributed by atoms with van der Waals surface area (Å²) >= 11 is 0. The second-order valence-corrected chi connectivity index (χ2v) is 5.50. The lowest BCUT2D eigenvalue weighted by atomic mass is 10.1. The maximum Gasteiger partial charge on any atom is 0.337 e. The van der Waals surface area contributed by atoms with Crippen LogP contribution in [0, 0.1) is 0 Å². The van der Waals surface area contributed by atoms with Gasteiger partial charge in [-0.05, 0) is 61.9 Å². The van der Waals surface area contributed by atoms with Crippen LogP contribution in [0.15, 0.2) is 54.6 Å².